The molecule has 0 bridgehead atoms. The van der Waals surface area contributed by atoms with Crippen LogP contribution >= 0.6 is 0 Å². The van der Waals surface area contributed by atoms with Crippen LogP contribution in [0.4, 0.5) is 4.39 Å². The zero-order valence-electron chi connectivity index (χ0n) is 16.8. The zero-order chi connectivity index (χ0) is 20.6. The third-order valence-corrected chi connectivity index (χ3v) is 5.38. The van der Waals surface area contributed by atoms with Crippen LogP contribution in [0.15, 0.2) is 41.6 Å². The SMILES string of the molecule is CC(=O)O/N=C(\CC(C)N(C)O)c1ccc2c(c1)C(C)(C)c1cc(F)ccc1-2. The minimum absolute atomic E-state index is 0.220. The Kier molecular flexibility index (Phi) is 5.37. The van der Waals surface area contributed by atoms with Gasteiger partial charge in [-0.3, -0.25) is 0 Å². The average Bonchev–Trinajstić information content (AvgIpc) is 2.85. The van der Waals surface area contributed by atoms with Gasteiger partial charge in [0, 0.05) is 31.8 Å². The van der Waals surface area contributed by atoms with Crippen LogP contribution in [0.3, 0.4) is 0 Å². The summed E-state index contributed by atoms with van der Waals surface area (Å²) in [6, 6.07) is 10.6. The lowest BCUT2D eigenvalue weighted by Gasteiger charge is -2.23. The van der Waals surface area contributed by atoms with Crippen molar-refractivity contribution in [3.05, 3.63) is 58.9 Å². The number of hydrogen-bond acceptors (Lipinski definition) is 5. The van der Waals surface area contributed by atoms with E-state index < -0.39 is 5.97 Å². The molecule has 1 N–H and O–H groups in total. The smallest absolute Gasteiger partial charge is 0.318 e. The molecule has 0 radical (unpaired) electrons. The van der Waals surface area contributed by atoms with E-state index in [1.807, 2.05) is 31.2 Å². The van der Waals surface area contributed by atoms with Gasteiger partial charge in [-0.2, -0.15) is 5.06 Å². The molecule has 3 rings (SSSR count). The molecule has 1 atom stereocenters. The van der Waals surface area contributed by atoms with Crippen LogP contribution in [-0.2, 0) is 15.0 Å². The molecule has 0 amide bonds. The molecular formula is C22H25FN2O3. The van der Waals surface area contributed by atoms with Crippen LogP contribution in [0.1, 0.15) is 50.8 Å². The lowest BCUT2D eigenvalue weighted by molar-refractivity contribution is -0.141. The van der Waals surface area contributed by atoms with Gasteiger partial charge in [0.1, 0.15) is 5.82 Å². The van der Waals surface area contributed by atoms with Gasteiger partial charge in [0.2, 0.25) is 0 Å². The molecule has 2 aromatic carbocycles. The third kappa shape index (κ3) is 3.70. The zero-order valence-corrected chi connectivity index (χ0v) is 16.8. The molecule has 6 heteroatoms. The van der Waals surface area contributed by atoms with E-state index in [2.05, 4.69) is 19.0 Å². The second-order valence-corrected chi connectivity index (χ2v) is 7.82. The van der Waals surface area contributed by atoms with Crippen molar-refractivity contribution in [3.8, 4) is 11.1 Å². The van der Waals surface area contributed by atoms with E-state index in [0.29, 0.717) is 12.1 Å². The molecule has 0 aliphatic heterocycles. The van der Waals surface area contributed by atoms with E-state index in [0.717, 1.165) is 32.9 Å². The molecule has 0 aromatic heterocycles. The summed E-state index contributed by atoms with van der Waals surface area (Å²) in [5.41, 5.74) is 5.08. The first kappa shape index (κ1) is 20.2. The summed E-state index contributed by atoms with van der Waals surface area (Å²) in [6.07, 6.45) is 0.390. The molecule has 28 heavy (non-hydrogen) atoms. The number of hydrogen-bond donors (Lipinski definition) is 1. The first-order chi connectivity index (χ1) is 13.1. The second kappa shape index (κ2) is 7.45. The average molecular weight is 384 g/mol. The fraction of sp³-hybridized carbons (Fsp3) is 0.364. The first-order valence-corrected chi connectivity index (χ1v) is 9.22. The van der Waals surface area contributed by atoms with Crippen molar-refractivity contribution in [2.75, 3.05) is 7.05 Å². The van der Waals surface area contributed by atoms with E-state index in [-0.39, 0.29) is 17.3 Å². The molecule has 148 valence electrons. The van der Waals surface area contributed by atoms with E-state index in [1.165, 1.54) is 13.0 Å². The summed E-state index contributed by atoms with van der Waals surface area (Å²) in [4.78, 5) is 16.1. The Bertz CT molecular complexity index is 951. The van der Waals surface area contributed by atoms with Gasteiger partial charge in [-0.15, -0.1) is 0 Å². The third-order valence-electron chi connectivity index (χ3n) is 5.38. The molecule has 0 saturated heterocycles. The predicted octanol–water partition coefficient (Wildman–Crippen LogP) is 4.50. The molecule has 1 aliphatic carbocycles. The Balaban J connectivity index is 2.06. The number of carbonyl (C=O) groups excluding carboxylic acids is 1. The Morgan fingerprint density at radius 2 is 1.82 bits per heavy atom. The van der Waals surface area contributed by atoms with E-state index in [4.69, 9.17) is 4.84 Å². The van der Waals surface area contributed by atoms with Crippen LogP contribution in [0, 0.1) is 5.82 Å². The molecule has 0 fully saturated rings. The van der Waals surface area contributed by atoms with Gasteiger partial charge < -0.3 is 10.0 Å². The van der Waals surface area contributed by atoms with Crippen molar-refractivity contribution in [2.24, 2.45) is 5.16 Å². The Morgan fingerprint density at radius 3 is 2.43 bits per heavy atom. The van der Waals surface area contributed by atoms with Crippen LogP contribution < -0.4 is 0 Å². The number of halogens is 1. The number of carbonyl (C=O) groups is 1. The molecule has 5 nitrogen and oxygen atoms in total. The van der Waals surface area contributed by atoms with Gasteiger partial charge in [0.25, 0.3) is 0 Å². The van der Waals surface area contributed by atoms with E-state index >= 15 is 0 Å². The van der Waals surface area contributed by atoms with E-state index in [1.54, 1.807) is 13.1 Å². The maximum atomic E-state index is 13.8. The fourth-order valence-electron chi connectivity index (χ4n) is 3.63. The maximum Gasteiger partial charge on any atom is 0.331 e. The molecule has 0 spiro atoms. The van der Waals surface area contributed by atoms with Crippen molar-refractivity contribution in [3.63, 3.8) is 0 Å². The molecule has 1 unspecified atom stereocenters. The van der Waals surface area contributed by atoms with Gasteiger partial charge in [0.05, 0.1) is 5.71 Å². The van der Waals surface area contributed by atoms with Gasteiger partial charge >= 0.3 is 5.97 Å². The summed E-state index contributed by atoms with van der Waals surface area (Å²) in [5.74, 6) is -0.761. The lowest BCUT2D eigenvalue weighted by atomic mass is 9.81. The first-order valence-electron chi connectivity index (χ1n) is 9.22. The van der Waals surface area contributed by atoms with Crippen LogP contribution in [0.5, 0.6) is 0 Å². The summed E-state index contributed by atoms with van der Waals surface area (Å²) < 4.78 is 13.8. The number of benzene rings is 2. The van der Waals surface area contributed by atoms with Crippen LogP contribution in [0.25, 0.3) is 11.1 Å². The number of nitrogens with zero attached hydrogens (tertiary/aromatic N) is 2. The summed E-state index contributed by atoms with van der Waals surface area (Å²) in [7, 11) is 1.56. The van der Waals surface area contributed by atoms with Crippen molar-refractivity contribution in [2.45, 2.75) is 45.6 Å². The number of rotatable bonds is 5. The minimum atomic E-state index is -0.508. The van der Waals surface area contributed by atoms with Crippen molar-refractivity contribution < 1.29 is 19.2 Å². The van der Waals surface area contributed by atoms with Gasteiger partial charge in [-0.05, 0) is 52.9 Å². The Labute approximate surface area is 164 Å². The van der Waals surface area contributed by atoms with Crippen molar-refractivity contribution in [1.29, 1.82) is 0 Å². The van der Waals surface area contributed by atoms with Crippen LogP contribution in [-0.4, -0.2) is 35.0 Å². The topological polar surface area (TPSA) is 62.1 Å². The molecule has 0 heterocycles. The van der Waals surface area contributed by atoms with Crippen molar-refractivity contribution >= 4 is 11.7 Å². The number of oxime groups is 1. The molecular weight excluding hydrogens is 359 g/mol. The fourth-order valence-corrected chi connectivity index (χ4v) is 3.63. The number of fused-ring (bicyclic) bond motifs is 3. The van der Waals surface area contributed by atoms with E-state index in [9.17, 15) is 14.4 Å². The molecule has 1 aliphatic rings. The quantitative estimate of drug-likeness (QED) is 0.468. The second-order valence-electron chi connectivity index (χ2n) is 7.82. The maximum absolute atomic E-state index is 13.8. The normalized spacial score (nSPS) is 15.9. The molecule has 0 saturated carbocycles. The Hall–Kier alpha value is -2.57. The predicted molar refractivity (Wildman–Crippen MR) is 106 cm³/mol. The monoisotopic (exact) mass is 384 g/mol. The van der Waals surface area contributed by atoms with Crippen LogP contribution in [0.2, 0.25) is 0 Å². The van der Waals surface area contributed by atoms with Gasteiger partial charge in [-0.25, -0.2) is 9.18 Å². The Morgan fingerprint density at radius 1 is 1.21 bits per heavy atom. The highest BCUT2D eigenvalue weighted by atomic mass is 19.1. The summed E-state index contributed by atoms with van der Waals surface area (Å²) >= 11 is 0. The van der Waals surface area contributed by atoms with Gasteiger partial charge in [-0.1, -0.05) is 37.2 Å². The highest BCUT2D eigenvalue weighted by molar-refractivity contribution is 6.02. The van der Waals surface area contributed by atoms with Crippen molar-refractivity contribution in [1.82, 2.24) is 5.06 Å². The highest BCUT2D eigenvalue weighted by Crippen LogP contribution is 2.49. The largest absolute Gasteiger partial charge is 0.331 e. The summed E-state index contributed by atoms with van der Waals surface area (Å²) in [5, 5.41) is 14.8. The summed E-state index contributed by atoms with van der Waals surface area (Å²) in [6.45, 7) is 7.26. The minimum Gasteiger partial charge on any atom is -0.318 e. The number of hydroxylamine groups is 2. The van der Waals surface area contributed by atoms with Gasteiger partial charge in [0.15, 0.2) is 0 Å². The lowest BCUT2D eigenvalue weighted by Crippen LogP contribution is -2.28. The highest BCUT2D eigenvalue weighted by Gasteiger charge is 2.36. The standard InChI is InChI=1S/C22H25FN2O3/c1-13(25(5)27)10-21(24-28-14(2)26)15-6-8-17-18-9-7-16(23)12-20(18)22(3,4)19(17)11-15/h6-9,11-13,27H,10H2,1-5H3/b24-21+. The molecule has 2 aromatic rings.